The van der Waals surface area contributed by atoms with Gasteiger partial charge >= 0.3 is 0 Å². The summed E-state index contributed by atoms with van der Waals surface area (Å²) in [7, 11) is -0.531. The van der Waals surface area contributed by atoms with Crippen molar-refractivity contribution in [3.63, 3.8) is 0 Å². The van der Waals surface area contributed by atoms with Crippen molar-refractivity contribution >= 4 is 9.73 Å². The zero-order chi connectivity index (χ0) is 10.8. The second-order valence-electron chi connectivity index (χ2n) is 3.42. The molecule has 0 aliphatic rings. The van der Waals surface area contributed by atoms with Crippen LogP contribution in [0.3, 0.4) is 0 Å². The third-order valence-electron chi connectivity index (χ3n) is 2.42. The van der Waals surface area contributed by atoms with Gasteiger partial charge in [-0.1, -0.05) is 6.07 Å². The molecule has 2 unspecified atom stereocenters. The van der Waals surface area contributed by atoms with Gasteiger partial charge in [-0.15, -0.1) is 0 Å². The third-order valence-corrected chi connectivity index (χ3v) is 4.73. The molecule has 0 aliphatic heterocycles. The van der Waals surface area contributed by atoms with E-state index < -0.39 is 9.73 Å². The molecule has 0 fully saturated rings. The summed E-state index contributed by atoms with van der Waals surface area (Å²) in [5.74, 6) is 0. The lowest BCUT2D eigenvalue weighted by Gasteiger charge is -2.13. The van der Waals surface area contributed by atoms with Gasteiger partial charge in [0.15, 0.2) is 0 Å². The number of pyridine rings is 1. The van der Waals surface area contributed by atoms with Crippen LogP contribution in [0, 0.1) is 6.92 Å². The van der Waals surface area contributed by atoms with Crippen LogP contribution in [0.25, 0.3) is 0 Å². The van der Waals surface area contributed by atoms with Gasteiger partial charge in [0.1, 0.15) is 0 Å². The van der Waals surface area contributed by atoms with Crippen molar-refractivity contribution in [3.05, 3.63) is 29.6 Å². The summed E-state index contributed by atoms with van der Waals surface area (Å²) < 4.78 is 15.9. The Morgan fingerprint density at radius 3 is 2.57 bits per heavy atom. The van der Waals surface area contributed by atoms with Crippen LogP contribution in [0.5, 0.6) is 0 Å². The first-order valence-corrected chi connectivity index (χ1v) is 6.47. The summed E-state index contributed by atoms with van der Waals surface area (Å²) in [5.41, 5.74) is 1.95. The van der Waals surface area contributed by atoms with Gasteiger partial charge in [-0.05, 0) is 25.5 Å². The van der Waals surface area contributed by atoms with Crippen LogP contribution < -0.4 is 0 Å². The van der Waals surface area contributed by atoms with Crippen molar-refractivity contribution in [1.82, 2.24) is 4.98 Å². The molecule has 4 heteroatoms. The van der Waals surface area contributed by atoms with Gasteiger partial charge in [0, 0.05) is 25.2 Å². The van der Waals surface area contributed by atoms with Gasteiger partial charge in [0.25, 0.3) is 0 Å². The molecule has 1 aromatic rings. The van der Waals surface area contributed by atoms with Crippen molar-refractivity contribution in [1.29, 1.82) is 0 Å². The van der Waals surface area contributed by atoms with Gasteiger partial charge in [-0.2, -0.15) is 0 Å². The Bertz CT molecular complexity index is 416. The van der Waals surface area contributed by atoms with E-state index in [0.717, 1.165) is 11.3 Å². The average Bonchev–Trinajstić information content (AvgIpc) is 2.18. The second kappa shape index (κ2) is 4.09. The fourth-order valence-corrected chi connectivity index (χ4v) is 2.09. The third kappa shape index (κ3) is 2.32. The van der Waals surface area contributed by atoms with Gasteiger partial charge in [0.05, 0.1) is 15.0 Å². The average molecular weight is 212 g/mol. The Morgan fingerprint density at radius 1 is 1.50 bits per heavy atom. The molecule has 1 aromatic heterocycles. The molecule has 0 N–H and O–H groups in total. The Labute approximate surface area is 85.8 Å². The number of aryl methyl sites for hydroxylation is 1. The zero-order valence-corrected chi connectivity index (χ0v) is 9.84. The van der Waals surface area contributed by atoms with E-state index in [4.69, 9.17) is 0 Å². The summed E-state index contributed by atoms with van der Waals surface area (Å²) >= 11 is 0. The lowest BCUT2D eigenvalue weighted by Crippen LogP contribution is -2.07. The van der Waals surface area contributed by atoms with Gasteiger partial charge < -0.3 is 0 Å². The van der Waals surface area contributed by atoms with Crippen molar-refractivity contribution in [2.45, 2.75) is 19.1 Å². The highest BCUT2D eigenvalue weighted by atomic mass is 32.2. The minimum Gasteiger partial charge on any atom is -0.261 e. The predicted octanol–water partition coefficient (Wildman–Crippen LogP) is 2.18. The Morgan fingerprint density at radius 2 is 2.14 bits per heavy atom. The first-order chi connectivity index (χ1) is 6.47. The van der Waals surface area contributed by atoms with Crippen LogP contribution in [-0.2, 0) is 9.73 Å². The van der Waals surface area contributed by atoms with Crippen LogP contribution in [-0.4, -0.2) is 22.5 Å². The number of rotatable bonds is 2. The maximum Gasteiger partial charge on any atom is 0.0663 e. The van der Waals surface area contributed by atoms with Crippen molar-refractivity contribution < 1.29 is 4.21 Å². The summed E-state index contributed by atoms with van der Waals surface area (Å²) in [6, 6.07) is 3.89. The van der Waals surface area contributed by atoms with E-state index in [9.17, 15) is 4.21 Å². The van der Waals surface area contributed by atoms with E-state index in [1.807, 2.05) is 26.0 Å². The molecule has 0 bridgehead atoms. The topological polar surface area (TPSA) is 42.3 Å². The molecule has 0 radical (unpaired) electrons. The minimum atomic E-state index is -2.13. The summed E-state index contributed by atoms with van der Waals surface area (Å²) in [6.07, 6.45) is 3.45. The van der Waals surface area contributed by atoms with Crippen LogP contribution in [0.1, 0.15) is 23.4 Å². The molecule has 0 spiro atoms. The molecular weight excluding hydrogens is 196 g/mol. The molecule has 0 saturated carbocycles. The lowest BCUT2D eigenvalue weighted by molar-refractivity contribution is 0.672. The maximum absolute atomic E-state index is 11.9. The maximum atomic E-state index is 11.9. The summed E-state index contributed by atoms with van der Waals surface area (Å²) in [6.45, 7) is 3.85. The monoisotopic (exact) mass is 212 g/mol. The van der Waals surface area contributed by atoms with Gasteiger partial charge in [-0.25, -0.2) is 8.57 Å². The molecule has 0 aromatic carbocycles. The molecule has 78 valence electrons. The lowest BCUT2D eigenvalue weighted by atomic mass is 10.2. The highest BCUT2D eigenvalue weighted by Gasteiger charge is 2.14. The molecule has 0 saturated heterocycles. The quantitative estimate of drug-likeness (QED) is 0.754. The first kappa shape index (κ1) is 11.2. The predicted molar refractivity (Wildman–Crippen MR) is 59.8 cm³/mol. The summed E-state index contributed by atoms with van der Waals surface area (Å²) in [5, 5.41) is -0.0689. The SMILES string of the molecule is CN=S(C)(=O)C(C)c1ccc(C)nc1. The number of hydrogen-bond acceptors (Lipinski definition) is 3. The minimum absolute atomic E-state index is 0.0689. The van der Waals surface area contributed by atoms with Gasteiger partial charge in [-0.3, -0.25) is 4.98 Å². The molecule has 14 heavy (non-hydrogen) atoms. The normalized spacial score (nSPS) is 17.1. The molecule has 2 atom stereocenters. The van der Waals surface area contributed by atoms with E-state index in [-0.39, 0.29) is 5.25 Å². The number of aromatic nitrogens is 1. The highest BCUT2D eigenvalue weighted by Crippen LogP contribution is 2.21. The Hall–Kier alpha value is -0.900. The van der Waals surface area contributed by atoms with E-state index >= 15 is 0 Å². The largest absolute Gasteiger partial charge is 0.261 e. The van der Waals surface area contributed by atoms with Crippen molar-refractivity contribution in [2.75, 3.05) is 13.3 Å². The van der Waals surface area contributed by atoms with Crippen LogP contribution in [0.4, 0.5) is 0 Å². The fraction of sp³-hybridized carbons (Fsp3) is 0.500. The van der Waals surface area contributed by atoms with Crippen molar-refractivity contribution in [3.8, 4) is 0 Å². The Balaban J connectivity index is 3.08. The van der Waals surface area contributed by atoms with Gasteiger partial charge in [0.2, 0.25) is 0 Å². The van der Waals surface area contributed by atoms with E-state index in [1.165, 1.54) is 0 Å². The van der Waals surface area contributed by atoms with Crippen LogP contribution >= 0.6 is 0 Å². The Kier molecular flexibility index (Phi) is 3.26. The molecule has 1 rings (SSSR count). The fourth-order valence-electron chi connectivity index (χ4n) is 1.13. The van der Waals surface area contributed by atoms with Crippen molar-refractivity contribution in [2.24, 2.45) is 4.36 Å². The first-order valence-electron chi connectivity index (χ1n) is 4.49. The summed E-state index contributed by atoms with van der Waals surface area (Å²) in [4.78, 5) is 4.18. The number of hydrogen-bond donors (Lipinski definition) is 0. The van der Waals surface area contributed by atoms with E-state index in [0.29, 0.717) is 0 Å². The van der Waals surface area contributed by atoms with Crippen LogP contribution in [0.15, 0.2) is 22.7 Å². The number of nitrogens with zero attached hydrogens (tertiary/aromatic N) is 2. The second-order valence-corrected chi connectivity index (χ2v) is 6.21. The molecule has 3 nitrogen and oxygen atoms in total. The zero-order valence-electron chi connectivity index (χ0n) is 9.02. The van der Waals surface area contributed by atoms with E-state index in [2.05, 4.69) is 9.35 Å². The standard InChI is InChI=1S/C10H16N2OS/c1-8-5-6-10(7-12-8)9(2)14(4,13)11-3/h5-7,9H,1-4H3. The smallest absolute Gasteiger partial charge is 0.0663 e. The molecular formula is C10H16N2OS. The molecule has 0 aliphatic carbocycles. The highest BCUT2D eigenvalue weighted by molar-refractivity contribution is 7.93. The van der Waals surface area contributed by atoms with Crippen LogP contribution in [0.2, 0.25) is 0 Å². The molecule has 0 amide bonds. The molecule has 1 heterocycles. The van der Waals surface area contributed by atoms with E-state index in [1.54, 1.807) is 19.5 Å².